The Morgan fingerprint density at radius 1 is 1.28 bits per heavy atom. The van der Waals surface area contributed by atoms with E-state index in [0.29, 0.717) is 18.2 Å². The maximum atomic E-state index is 12.3. The van der Waals surface area contributed by atoms with Crippen molar-refractivity contribution in [3.8, 4) is 0 Å². The minimum absolute atomic E-state index is 0.184. The maximum Gasteiger partial charge on any atom is 0.287 e. The number of amides is 1. The average Bonchev–Trinajstić information content (AvgIpc) is 3.29. The first-order valence-corrected chi connectivity index (χ1v) is 9.99. The third-order valence-electron chi connectivity index (χ3n) is 4.69. The highest BCUT2D eigenvalue weighted by molar-refractivity contribution is 7.09. The number of furan rings is 1. The summed E-state index contributed by atoms with van der Waals surface area (Å²) in [7, 11) is 0. The molecule has 0 aliphatic carbocycles. The Labute approximate surface area is 153 Å². The van der Waals surface area contributed by atoms with Gasteiger partial charge in [0.1, 0.15) is 5.76 Å². The first kappa shape index (κ1) is 18.1. The number of carbonyl (C=O) groups is 1. The highest BCUT2D eigenvalue weighted by atomic mass is 32.1. The Morgan fingerprint density at radius 2 is 2.04 bits per heavy atom. The molecule has 25 heavy (non-hydrogen) atoms. The van der Waals surface area contributed by atoms with Crippen molar-refractivity contribution in [2.75, 3.05) is 13.1 Å². The van der Waals surface area contributed by atoms with E-state index in [-0.39, 0.29) is 11.9 Å². The number of aromatic nitrogens is 1. The summed E-state index contributed by atoms with van der Waals surface area (Å²) < 4.78 is 5.82. The second kappa shape index (κ2) is 8.15. The van der Waals surface area contributed by atoms with Crippen LogP contribution in [0.2, 0.25) is 0 Å². The summed E-state index contributed by atoms with van der Waals surface area (Å²) in [4.78, 5) is 19.3. The van der Waals surface area contributed by atoms with Crippen LogP contribution in [0.4, 0.5) is 0 Å². The van der Waals surface area contributed by atoms with Crippen molar-refractivity contribution in [1.82, 2.24) is 15.2 Å². The number of carbonyl (C=O) groups excluding carboxylic acids is 1. The Kier molecular flexibility index (Phi) is 5.91. The van der Waals surface area contributed by atoms with E-state index >= 15 is 0 Å². The Balaban J connectivity index is 1.56. The van der Waals surface area contributed by atoms with Gasteiger partial charge in [0.15, 0.2) is 5.76 Å². The van der Waals surface area contributed by atoms with Crippen molar-refractivity contribution in [2.45, 2.75) is 58.5 Å². The fraction of sp³-hybridized carbons (Fsp3) is 0.579. The third-order valence-corrected chi connectivity index (χ3v) is 5.89. The Bertz CT molecular complexity index is 701. The topological polar surface area (TPSA) is 58.4 Å². The van der Waals surface area contributed by atoms with Crippen molar-refractivity contribution in [3.63, 3.8) is 0 Å². The number of nitrogens with one attached hydrogen (secondary N) is 1. The minimum atomic E-state index is -0.184. The van der Waals surface area contributed by atoms with E-state index in [1.807, 2.05) is 11.4 Å². The highest BCUT2D eigenvalue weighted by Crippen LogP contribution is 2.25. The molecule has 1 aliphatic rings. The zero-order chi connectivity index (χ0) is 17.8. The van der Waals surface area contributed by atoms with Gasteiger partial charge in [0.05, 0.1) is 23.3 Å². The number of likely N-dealkylation sites (tertiary alicyclic amines) is 1. The molecule has 5 nitrogen and oxygen atoms in total. The number of thiazole rings is 1. The molecule has 6 heteroatoms. The predicted molar refractivity (Wildman–Crippen MR) is 99.9 cm³/mol. The molecular formula is C19H27N3O2S. The fourth-order valence-corrected chi connectivity index (χ4v) is 3.95. The molecule has 1 aliphatic heterocycles. The molecule has 1 amide bonds. The van der Waals surface area contributed by atoms with E-state index in [1.54, 1.807) is 17.4 Å². The van der Waals surface area contributed by atoms with Gasteiger partial charge in [0, 0.05) is 11.3 Å². The van der Waals surface area contributed by atoms with E-state index in [1.165, 1.54) is 19.3 Å². The zero-order valence-electron chi connectivity index (χ0n) is 15.2. The van der Waals surface area contributed by atoms with Gasteiger partial charge in [-0.25, -0.2) is 4.98 Å². The van der Waals surface area contributed by atoms with Crippen LogP contribution in [0, 0.1) is 0 Å². The summed E-state index contributed by atoms with van der Waals surface area (Å²) in [5.74, 6) is 1.47. The fourth-order valence-electron chi connectivity index (χ4n) is 3.11. The van der Waals surface area contributed by atoms with Crippen molar-refractivity contribution >= 4 is 17.2 Å². The summed E-state index contributed by atoms with van der Waals surface area (Å²) in [6, 6.07) is 3.91. The van der Waals surface area contributed by atoms with E-state index in [0.717, 1.165) is 29.6 Å². The van der Waals surface area contributed by atoms with Crippen LogP contribution in [0.25, 0.3) is 0 Å². The molecule has 0 bridgehead atoms. The van der Waals surface area contributed by atoms with Crippen LogP contribution in [0.1, 0.15) is 79.0 Å². The SMILES string of the molecule is CC(C)c1nc(CNC(=O)c2ccc([C@@H](C)N3CCCCC3)o2)cs1. The lowest BCUT2D eigenvalue weighted by Crippen LogP contribution is -2.32. The maximum absolute atomic E-state index is 12.3. The predicted octanol–water partition coefficient (Wildman–Crippen LogP) is 4.34. The first-order valence-electron chi connectivity index (χ1n) is 9.11. The van der Waals surface area contributed by atoms with E-state index in [9.17, 15) is 4.79 Å². The van der Waals surface area contributed by atoms with Gasteiger partial charge in [0.2, 0.25) is 0 Å². The second-order valence-electron chi connectivity index (χ2n) is 6.99. The molecule has 0 radical (unpaired) electrons. The summed E-state index contributed by atoms with van der Waals surface area (Å²) in [6.07, 6.45) is 3.79. The van der Waals surface area contributed by atoms with Crippen LogP contribution in [0.5, 0.6) is 0 Å². The van der Waals surface area contributed by atoms with Gasteiger partial charge in [-0.05, 0) is 45.0 Å². The van der Waals surface area contributed by atoms with Crippen molar-refractivity contribution in [2.24, 2.45) is 0 Å². The van der Waals surface area contributed by atoms with Crippen LogP contribution in [0.3, 0.4) is 0 Å². The first-order chi connectivity index (χ1) is 12.0. The van der Waals surface area contributed by atoms with Crippen molar-refractivity contribution < 1.29 is 9.21 Å². The normalized spacial score (nSPS) is 17.0. The average molecular weight is 362 g/mol. The largest absolute Gasteiger partial charge is 0.454 e. The van der Waals surface area contributed by atoms with Crippen molar-refractivity contribution in [3.05, 3.63) is 39.7 Å². The van der Waals surface area contributed by atoms with E-state index in [2.05, 4.69) is 36.0 Å². The van der Waals surface area contributed by atoms with Gasteiger partial charge in [-0.3, -0.25) is 9.69 Å². The van der Waals surface area contributed by atoms with Crippen LogP contribution < -0.4 is 5.32 Å². The van der Waals surface area contributed by atoms with E-state index < -0.39 is 0 Å². The number of piperidine rings is 1. The zero-order valence-corrected chi connectivity index (χ0v) is 16.1. The molecule has 0 saturated carbocycles. The van der Waals surface area contributed by atoms with Crippen LogP contribution in [-0.4, -0.2) is 28.9 Å². The summed E-state index contributed by atoms with van der Waals surface area (Å²) in [6.45, 7) is 9.02. The summed E-state index contributed by atoms with van der Waals surface area (Å²) >= 11 is 1.64. The highest BCUT2D eigenvalue weighted by Gasteiger charge is 2.22. The molecule has 1 saturated heterocycles. The summed E-state index contributed by atoms with van der Waals surface area (Å²) in [5, 5.41) is 6.00. The molecule has 0 aromatic carbocycles. The van der Waals surface area contributed by atoms with E-state index in [4.69, 9.17) is 4.42 Å². The molecule has 1 N–H and O–H groups in total. The molecule has 1 fully saturated rings. The molecule has 3 heterocycles. The van der Waals surface area contributed by atoms with Gasteiger partial charge in [-0.1, -0.05) is 20.3 Å². The quantitative estimate of drug-likeness (QED) is 0.832. The molecule has 1 atom stereocenters. The third kappa shape index (κ3) is 4.50. The minimum Gasteiger partial charge on any atom is -0.454 e. The lowest BCUT2D eigenvalue weighted by atomic mass is 10.1. The molecule has 3 rings (SSSR count). The molecule has 0 spiro atoms. The van der Waals surface area contributed by atoms with Crippen LogP contribution in [-0.2, 0) is 6.54 Å². The second-order valence-corrected chi connectivity index (χ2v) is 7.88. The number of hydrogen-bond donors (Lipinski definition) is 1. The number of nitrogens with zero attached hydrogens (tertiary/aromatic N) is 2. The Morgan fingerprint density at radius 3 is 2.72 bits per heavy atom. The van der Waals surface area contributed by atoms with Crippen LogP contribution in [0.15, 0.2) is 21.9 Å². The molecule has 0 unspecified atom stereocenters. The molecule has 2 aromatic heterocycles. The standard InChI is InChI=1S/C19H27N3O2S/c1-13(2)19-21-15(12-25-19)11-20-18(23)17-8-7-16(24-17)14(3)22-9-5-4-6-10-22/h7-8,12-14H,4-6,9-11H2,1-3H3,(H,20,23)/t14-/m1/s1. The van der Waals surface area contributed by atoms with Crippen LogP contribution >= 0.6 is 11.3 Å². The van der Waals surface area contributed by atoms with Gasteiger partial charge in [-0.2, -0.15) is 0 Å². The number of rotatable bonds is 6. The lowest BCUT2D eigenvalue weighted by Gasteiger charge is -2.31. The molecule has 136 valence electrons. The lowest BCUT2D eigenvalue weighted by molar-refractivity contribution is 0.0913. The van der Waals surface area contributed by atoms with Gasteiger partial charge in [-0.15, -0.1) is 11.3 Å². The molecule has 2 aromatic rings. The van der Waals surface area contributed by atoms with Crippen molar-refractivity contribution in [1.29, 1.82) is 0 Å². The van der Waals surface area contributed by atoms with Gasteiger partial charge >= 0.3 is 0 Å². The van der Waals surface area contributed by atoms with Gasteiger partial charge in [0.25, 0.3) is 5.91 Å². The monoisotopic (exact) mass is 361 g/mol. The smallest absolute Gasteiger partial charge is 0.287 e. The Hall–Kier alpha value is -1.66. The number of hydrogen-bond acceptors (Lipinski definition) is 5. The van der Waals surface area contributed by atoms with Gasteiger partial charge < -0.3 is 9.73 Å². The molecular weight excluding hydrogens is 334 g/mol. The summed E-state index contributed by atoms with van der Waals surface area (Å²) in [5.41, 5.74) is 0.899.